The molecule has 148 valence electrons. The third-order valence-electron chi connectivity index (χ3n) is 5.07. The minimum absolute atomic E-state index is 0.253. The SMILES string of the molecule is CCCCCc1c(C(C)C)nc(C(C)C)c(C(C)O)c1-c1ccc(Cl)cc1. The second-order valence-corrected chi connectivity index (χ2v) is 8.54. The van der Waals surface area contributed by atoms with Crippen LogP contribution in [0.15, 0.2) is 24.3 Å². The molecule has 27 heavy (non-hydrogen) atoms. The maximum atomic E-state index is 10.7. The lowest BCUT2D eigenvalue weighted by Gasteiger charge is -2.26. The van der Waals surface area contributed by atoms with Crippen LogP contribution in [0, 0.1) is 0 Å². The molecule has 0 aliphatic carbocycles. The number of aromatic nitrogens is 1. The van der Waals surface area contributed by atoms with Crippen LogP contribution in [0.2, 0.25) is 5.02 Å². The Morgan fingerprint density at radius 1 is 0.926 bits per heavy atom. The van der Waals surface area contributed by atoms with E-state index in [-0.39, 0.29) is 5.92 Å². The quantitative estimate of drug-likeness (QED) is 0.477. The van der Waals surface area contributed by atoms with E-state index < -0.39 is 6.10 Å². The van der Waals surface area contributed by atoms with E-state index in [2.05, 4.69) is 46.8 Å². The number of unbranched alkanes of at least 4 members (excludes halogenated alkanes) is 2. The summed E-state index contributed by atoms with van der Waals surface area (Å²) in [5.41, 5.74) is 6.74. The van der Waals surface area contributed by atoms with Crippen molar-refractivity contribution in [1.82, 2.24) is 4.98 Å². The van der Waals surface area contributed by atoms with E-state index in [4.69, 9.17) is 16.6 Å². The number of halogens is 1. The summed E-state index contributed by atoms with van der Waals surface area (Å²) in [6.45, 7) is 12.8. The van der Waals surface area contributed by atoms with E-state index in [0.717, 1.165) is 34.7 Å². The van der Waals surface area contributed by atoms with E-state index >= 15 is 0 Å². The molecule has 0 amide bonds. The van der Waals surface area contributed by atoms with Crippen molar-refractivity contribution in [3.8, 4) is 11.1 Å². The van der Waals surface area contributed by atoms with Crippen LogP contribution in [0.25, 0.3) is 11.1 Å². The Bertz CT molecular complexity index is 748. The van der Waals surface area contributed by atoms with E-state index in [1.165, 1.54) is 29.7 Å². The smallest absolute Gasteiger partial charge is 0.0785 e. The van der Waals surface area contributed by atoms with Gasteiger partial charge in [0.05, 0.1) is 6.10 Å². The highest BCUT2D eigenvalue weighted by molar-refractivity contribution is 6.30. The van der Waals surface area contributed by atoms with Crippen LogP contribution in [-0.4, -0.2) is 10.1 Å². The van der Waals surface area contributed by atoms with Gasteiger partial charge in [0.25, 0.3) is 0 Å². The Kier molecular flexibility index (Phi) is 7.88. The number of aliphatic hydroxyl groups excluding tert-OH is 1. The molecule has 0 spiro atoms. The summed E-state index contributed by atoms with van der Waals surface area (Å²) in [5, 5.41) is 11.4. The van der Waals surface area contributed by atoms with Crippen LogP contribution in [0.4, 0.5) is 0 Å². The normalized spacial score (nSPS) is 12.8. The van der Waals surface area contributed by atoms with Gasteiger partial charge in [0, 0.05) is 22.0 Å². The first kappa shape index (κ1) is 21.9. The molecule has 1 aromatic carbocycles. The fourth-order valence-corrected chi connectivity index (χ4v) is 3.89. The molecule has 0 saturated heterocycles. The van der Waals surface area contributed by atoms with Crippen molar-refractivity contribution in [1.29, 1.82) is 0 Å². The summed E-state index contributed by atoms with van der Waals surface area (Å²) in [6.07, 6.45) is 3.96. The first-order valence-electron chi connectivity index (χ1n) is 10.3. The molecule has 2 rings (SSSR count). The van der Waals surface area contributed by atoms with Gasteiger partial charge >= 0.3 is 0 Å². The summed E-state index contributed by atoms with van der Waals surface area (Å²) in [5.74, 6) is 0.594. The molecule has 0 radical (unpaired) electrons. The summed E-state index contributed by atoms with van der Waals surface area (Å²) in [4.78, 5) is 5.09. The molecular weight excluding hydrogens is 354 g/mol. The summed E-state index contributed by atoms with van der Waals surface area (Å²) in [6, 6.07) is 8.01. The number of pyridine rings is 1. The van der Waals surface area contributed by atoms with Gasteiger partial charge in [-0.1, -0.05) is 71.2 Å². The highest BCUT2D eigenvalue weighted by Crippen LogP contribution is 2.40. The predicted molar refractivity (Wildman–Crippen MR) is 117 cm³/mol. The molecule has 0 saturated carbocycles. The lowest BCUT2D eigenvalue weighted by molar-refractivity contribution is 0.197. The Hall–Kier alpha value is -1.38. The third-order valence-corrected chi connectivity index (χ3v) is 5.32. The van der Waals surface area contributed by atoms with E-state index in [9.17, 15) is 5.11 Å². The Labute approximate surface area is 170 Å². The summed E-state index contributed by atoms with van der Waals surface area (Å²) in [7, 11) is 0. The number of rotatable bonds is 8. The van der Waals surface area contributed by atoms with Gasteiger partial charge in [0.2, 0.25) is 0 Å². The van der Waals surface area contributed by atoms with Gasteiger partial charge in [-0.2, -0.15) is 0 Å². The Balaban J connectivity index is 2.84. The average Bonchev–Trinajstić information content (AvgIpc) is 2.61. The van der Waals surface area contributed by atoms with Crippen molar-refractivity contribution in [2.45, 2.75) is 85.2 Å². The standard InChI is InChI=1S/C24H34ClNO/c1-7-8-9-10-20-22(18-11-13-19(25)14-12-18)21(17(6)27)24(16(4)5)26-23(20)15(2)3/h11-17,27H,7-10H2,1-6H3. The van der Waals surface area contributed by atoms with Crippen LogP contribution < -0.4 is 0 Å². The van der Waals surface area contributed by atoms with Crippen molar-refractivity contribution in [2.75, 3.05) is 0 Å². The zero-order chi connectivity index (χ0) is 20.1. The molecule has 0 aliphatic rings. The first-order valence-corrected chi connectivity index (χ1v) is 10.7. The lowest BCUT2D eigenvalue weighted by Crippen LogP contribution is -2.14. The zero-order valence-electron chi connectivity index (χ0n) is 17.6. The van der Waals surface area contributed by atoms with Crippen LogP contribution in [0.3, 0.4) is 0 Å². The monoisotopic (exact) mass is 387 g/mol. The minimum atomic E-state index is -0.563. The Morgan fingerprint density at radius 2 is 1.52 bits per heavy atom. The number of aliphatic hydroxyl groups is 1. The molecule has 0 fully saturated rings. The van der Waals surface area contributed by atoms with Gasteiger partial charge < -0.3 is 5.11 Å². The van der Waals surface area contributed by atoms with Gasteiger partial charge in [0.1, 0.15) is 0 Å². The van der Waals surface area contributed by atoms with Gasteiger partial charge in [-0.25, -0.2) is 0 Å². The third kappa shape index (κ3) is 5.12. The number of hydrogen-bond donors (Lipinski definition) is 1. The van der Waals surface area contributed by atoms with Crippen LogP contribution in [0.1, 0.15) is 101 Å². The molecular formula is C24H34ClNO. The lowest BCUT2D eigenvalue weighted by atomic mass is 9.83. The van der Waals surface area contributed by atoms with Gasteiger partial charge in [-0.05, 0) is 60.4 Å². The van der Waals surface area contributed by atoms with Gasteiger partial charge in [-0.3, -0.25) is 4.98 Å². The summed E-state index contributed by atoms with van der Waals surface area (Å²) < 4.78 is 0. The molecule has 1 heterocycles. The van der Waals surface area contributed by atoms with Crippen LogP contribution in [-0.2, 0) is 6.42 Å². The fraction of sp³-hybridized carbons (Fsp3) is 0.542. The van der Waals surface area contributed by atoms with Crippen molar-refractivity contribution >= 4 is 11.6 Å². The molecule has 3 heteroatoms. The van der Waals surface area contributed by atoms with Crippen molar-refractivity contribution in [3.05, 3.63) is 51.8 Å². The number of nitrogens with zero attached hydrogens (tertiary/aromatic N) is 1. The summed E-state index contributed by atoms with van der Waals surface area (Å²) >= 11 is 6.15. The minimum Gasteiger partial charge on any atom is -0.389 e. The topological polar surface area (TPSA) is 33.1 Å². The van der Waals surface area contributed by atoms with Crippen molar-refractivity contribution < 1.29 is 5.11 Å². The molecule has 1 atom stereocenters. The molecule has 0 bridgehead atoms. The highest BCUT2D eigenvalue weighted by atomic mass is 35.5. The Morgan fingerprint density at radius 3 is 2.00 bits per heavy atom. The molecule has 1 unspecified atom stereocenters. The predicted octanol–water partition coefficient (Wildman–Crippen LogP) is 7.43. The second-order valence-electron chi connectivity index (χ2n) is 8.10. The first-order chi connectivity index (χ1) is 12.8. The van der Waals surface area contributed by atoms with Gasteiger partial charge in [-0.15, -0.1) is 0 Å². The van der Waals surface area contributed by atoms with E-state index in [1.54, 1.807) is 0 Å². The molecule has 1 aromatic heterocycles. The van der Waals surface area contributed by atoms with Gasteiger partial charge in [0.15, 0.2) is 0 Å². The van der Waals surface area contributed by atoms with Crippen molar-refractivity contribution in [2.24, 2.45) is 0 Å². The maximum Gasteiger partial charge on any atom is 0.0785 e. The van der Waals surface area contributed by atoms with Crippen LogP contribution >= 0.6 is 11.6 Å². The molecule has 1 N–H and O–H groups in total. The molecule has 0 aliphatic heterocycles. The van der Waals surface area contributed by atoms with Crippen LogP contribution in [0.5, 0.6) is 0 Å². The highest BCUT2D eigenvalue weighted by Gasteiger charge is 2.25. The maximum absolute atomic E-state index is 10.7. The number of hydrogen-bond acceptors (Lipinski definition) is 2. The molecule has 2 nitrogen and oxygen atoms in total. The van der Waals surface area contributed by atoms with E-state index in [1.807, 2.05) is 19.1 Å². The largest absolute Gasteiger partial charge is 0.389 e. The number of benzene rings is 1. The second kappa shape index (κ2) is 9.71. The van der Waals surface area contributed by atoms with E-state index in [0.29, 0.717) is 5.92 Å². The van der Waals surface area contributed by atoms with Crippen molar-refractivity contribution in [3.63, 3.8) is 0 Å². The molecule has 2 aromatic rings. The zero-order valence-corrected chi connectivity index (χ0v) is 18.4. The average molecular weight is 388 g/mol. The fourth-order valence-electron chi connectivity index (χ4n) is 3.77.